The van der Waals surface area contributed by atoms with Gasteiger partial charge in [0.2, 0.25) is 5.76 Å². The average molecular weight is 276 g/mol. The van der Waals surface area contributed by atoms with Gasteiger partial charge in [-0.3, -0.25) is 0 Å². The van der Waals surface area contributed by atoms with E-state index < -0.39 is 18.0 Å². The number of anilines is 1. The van der Waals surface area contributed by atoms with Crippen molar-refractivity contribution in [3.8, 4) is 0 Å². The number of alkyl halides is 3. The summed E-state index contributed by atoms with van der Waals surface area (Å²) in [5.74, 6) is -1.04. The van der Waals surface area contributed by atoms with Crippen molar-refractivity contribution >= 4 is 11.7 Å². The van der Waals surface area contributed by atoms with E-state index in [0.717, 1.165) is 19.3 Å². The van der Waals surface area contributed by atoms with Crippen LogP contribution < -0.4 is 5.32 Å². The van der Waals surface area contributed by atoms with Crippen LogP contribution in [0.2, 0.25) is 0 Å². The largest absolute Gasteiger partial charge is 0.455 e. The molecule has 0 spiro atoms. The van der Waals surface area contributed by atoms with Crippen LogP contribution in [0.15, 0.2) is 10.5 Å². The summed E-state index contributed by atoms with van der Waals surface area (Å²) in [4.78, 5) is 13.4. The van der Waals surface area contributed by atoms with Gasteiger partial charge in [-0.1, -0.05) is 0 Å². The van der Waals surface area contributed by atoms with Crippen LogP contribution in [0, 0.1) is 6.92 Å². The van der Waals surface area contributed by atoms with Crippen molar-refractivity contribution in [1.29, 1.82) is 0 Å². The van der Waals surface area contributed by atoms with Gasteiger partial charge < -0.3 is 14.6 Å². The molecule has 1 aliphatic heterocycles. The third-order valence-electron chi connectivity index (χ3n) is 3.00. The van der Waals surface area contributed by atoms with Crippen LogP contribution >= 0.6 is 0 Å². The van der Waals surface area contributed by atoms with E-state index in [0.29, 0.717) is 13.1 Å². The first-order valence-electron chi connectivity index (χ1n) is 6.11. The van der Waals surface area contributed by atoms with Gasteiger partial charge in [-0.15, -0.1) is 0 Å². The number of aryl methyl sites for hydroxylation is 1. The fraction of sp³-hybridized carbons (Fsp3) is 0.583. The Morgan fingerprint density at radius 2 is 1.95 bits per heavy atom. The molecule has 1 aromatic rings. The Balaban J connectivity index is 2.12. The number of hydrogen-bond acceptors (Lipinski definition) is 2. The normalized spacial score (nSPS) is 16.5. The van der Waals surface area contributed by atoms with Crippen LogP contribution in [0.3, 0.4) is 0 Å². The van der Waals surface area contributed by atoms with Crippen molar-refractivity contribution in [2.45, 2.75) is 32.4 Å². The summed E-state index contributed by atoms with van der Waals surface area (Å²) >= 11 is 0. The van der Waals surface area contributed by atoms with Gasteiger partial charge in [0.25, 0.3) is 0 Å². The number of nitrogens with one attached hydrogen (secondary N) is 1. The summed E-state index contributed by atoms with van der Waals surface area (Å²) in [5, 5.41) is 2.28. The van der Waals surface area contributed by atoms with Crippen molar-refractivity contribution in [1.82, 2.24) is 4.90 Å². The summed E-state index contributed by atoms with van der Waals surface area (Å²) in [7, 11) is 0. The number of rotatable bonds is 1. The minimum Gasteiger partial charge on any atom is -0.455 e. The molecule has 2 amide bonds. The molecule has 7 heteroatoms. The molecule has 0 aromatic carbocycles. The summed E-state index contributed by atoms with van der Waals surface area (Å²) < 4.78 is 42.7. The quantitative estimate of drug-likeness (QED) is 0.851. The molecule has 106 valence electrons. The smallest absolute Gasteiger partial charge is 0.451 e. The lowest BCUT2D eigenvalue weighted by Gasteiger charge is -2.26. The van der Waals surface area contributed by atoms with Crippen LogP contribution in [-0.4, -0.2) is 24.0 Å². The molecule has 1 fully saturated rings. The van der Waals surface area contributed by atoms with Gasteiger partial charge in [-0.25, -0.2) is 4.79 Å². The van der Waals surface area contributed by atoms with Gasteiger partial charge in [-0.05, 0) is 26.2 Å². The lowest BCUT2D eigenvalue weighted by Crippen LogP contribution is -2.38. The number of amides is 2. The van der Waals surface area contributed by atoms with Gasteiger partial charge in [0.05, 0.1) is 5.69 Å². The zero-order chi connectivity index (χ0) is 14.0. The molecule has 0 unspecified atom stereocenters. The number of piperidine rings is 1. The summed E-state index contributed by atoms with van der Waals surface area (Å²) in [5.41, 5.74) is -0.319. The first-order chi connectivity index (χ1) is 8.88. The predicted molar refractivity (Wildman–Crippen MR) is 62.9 cm³/mol. The molecule has 0 atom stereocenters. The molecule has 1 N–H and O–H groups in total. The maximum atomic E-state index is 12.7. The Kier molecular flexibility index (Phi) is 3.73. The summed E-state index contributed by atoms with van der Waals surface area (Å²) in [6.45, 7) is 2.56. The average Bonchev–Trinajstić information content (AvgIpc) is 2.71. The zero-order valence-corrected chi connectivity index (χ0v) is 10.5. The number of likely N-dealkylation sites (tertiary alicyclic amines) is 1. The highest BCUT2D eigenvalue weighted by Crippen LogP contribution is 2.37. The van der Waals surface area contributed by atoms with Gasteiger partial charge in [0.15, 0.2) is 0 Å². The first kappa shape index (κ1) is 13.8. The van der Waals surface area contributed by atoms with Crippen molar-refractivity contribution < 1.29 is 22.4 Å². The van der Waals surface area contributed by atoms with Gasteiger partial charge >= 0.3 is 12.2 Å². The first-order valence-corrected chi connectivity index (χ1v) is 6.11. The van der Waals surface area contributed by atoms with Crippen LogP contribution in [0.5, 0.6) is 0 Å². The van der Waals surface area contributed by atoms with E-state index in [4.69, 9.17) is 0 Å². The number of carbonyl (C=O) groups is 1. The van der Waals surface area contributed by atoms with Gasteiger partial charge in [-0.2, -0.15) is 13.2 Å². The maximum absolute atomic E-state index is 12.7. The van der Waals surface area contributed by atoms with Gasteiger partial charge in [0, 0.05) is 19.2 Å². The monoisotopic (exact) mass is 276 g/mol. The van der Waals surface area contributed by atoms with Crippen molar-refractivity contribution in [3.05, 3.63) is 17.6 Å². The van der Waals surface area contributed by atoms with Crippen LogP contribution in [0.4, 0.5) is 23.7 Å². The lowest BCUT2D eigenvalue weighted by molar-refractivity contribution is -0.152. The molecule has 0 bridgehead atoms. The molecule has 2 rings (SSSR count). The second-order valence-corrected chi connectivity index (χ2v) is 4.58. The van der Waals surface area contributed by atoms with E-state index in [1.807, 2.05) is 0 Å². The summed E-state index contributed by atoms with van der Waals surface area (Å²) in [6, 6.07) is 0.677. The SMILES string of the molecule is Cc1cc(NC(=O)N2CCCCC2)c(C(F)(F)F)o1. The number of furan rings is 1. The molecule has 1 aliphatic rings. The molecule has 0 radical (unpaired) electrons. The number of carbonyl (C=O) groups excluding carboxylic acids is 1. The minimum atomic E-state index is -4.61. The Morgan fingerprint density at radius 3 is 2.53 bits per heavy atom. The highest BCUT2D eigenvalue weighted by atomic mass is 19.4. The second-order valence-electron chi connectivity index (χ2n) is 4.58. The highest BCUT2D eigenvalue weighted by molar-refractivity contribution is 5.90. The molecular weight excluding hydrogens is 261 g/mol. The van der Waals surface area contributed by atoms with E-state index in [2.05, 4.69) is 9.73 Å². The van der Waals surface area contributed by atoms with Crippen molar-refractivity contribution in [2.24, 2.45) is 0 Å². The Bertz CT molecular complexity index is 462. The molecule has 2 heterocycles. The Labute approximate surface area is 108 Å². The zero-order valence-electron chi connectivity index (χ0n) is 10.5. The molecule has 0 aliphatic carbocycles. The predicted octanol–water partition coefficient (Wildman–Crippen LogP) is 3.62. The summed E-state index contributed by atoms with van der Waals surface area (Å²) in [6.07, 6.45) is -1.81. The number of hydrogen-bond donors (Lipinski definition) is 1. The molecule has 1 aromatic heterocycles. The fourth-order valence-electron chi connectivity index (χ4n) is 2.11. The van der Waals surface area contributed by atoms with E-state index in [1.165, 1.54) is 17.9 Å². The number of urea groups is 1. The molecular formula is C12H15F3N2O2. The molecule has 19 heavy (non-hydrogen) atoms. The third kappa shape index (κ3) is 3.21. The number of nitrogens with zero attached hydrogens (tertiary/aromatic N) is 1. The maximum Gasteiger partial charge on any atom is 0.451 e. The van der Waals surface area contributed by atoms with E-state index in [-0.39, 0.29) is 11.4 Å². The Morgan fingerprint density at radius 1 is 1.32 bits per heavy atom. The van der Waals surface area contributed by atoms with E-state index >= 15 is 0 Å². The second kappa shape index (κ2) is 5.14. The lowest BCUT2D eigenvalue weighted by atomic mass is 10.1. The van der Waals surface area contributed by atoms with E-state index in [9.17, 15) is 18.0 Å². The molecule has 4 nitrogen and oxygen atoms in total. The molecule has 1 saturated heterocycles. The highest BCUT2D eigenvalue weighted by Gasteiger charge is 2.39. The number of halogens is 3. The van der Waals surface area contributed by atoms with Gasteiger partial charge in [0.1, 0.15) is 5.76 Å². The van der Waals surface area contributed by atoms with Crippen LogP contribution in [0.25, 0.3) is 0 Å². The van der Waals surface area contributed by atoms with E-state index in [1.54, 1.807) is 0 Å². The minimum absolute atomic E-state index is 0.112. The fourth-order valence-corrected chi connectivity index (χ4v) is 2.11. The Hall–Kier alpha value is -1.66. The van der Waals surface area contributed by atoms with Crippen molar-refractivity contribution in [2.75, 3.05) is 18.4 Å². The van der Waals surface area contributed by atoms with Crippen LogP contribution in [-0.2, 0) is 6.18 Å². The van der Waals surface area contributed by atoms with Crippen LogP contribution in [0.1, 0.15) is 30.8 Å². The topological polar surface area (TPSA) is 45.5 Å². The molecule has 0 saturated carbocycles. The third-order valence-corrected chi connectivity index (χ3v) is 3.00. The van der Waals surface area contributed by atoms with Crippen molar-refractivity contribution in [3.63, 3.8) is 0 Å². The standard InChI is InChI=1S/C12H15F3N2O2/c1-8-7-9(10(19-8)12(13,14)15)16-11(18)17-5-3-2-4-6-17/h7H,2-6H2,1H3,(H,16,18).